The van der Waals surface area contributed by atoms with E-state index in [0.717, 1.165) is 34.8 Å². The van der Waals surface area contributed by atoms with Gasteiger partial charge in [0, 0.05) is 30.3 Å². The van der Waals surface area contributed by atoms with Gasteiger partial charge in [0.15, 0.2) is 10.3 Å². The largest absolute Gasteiger partial charge is 1.00 e. The molecule has 3 rings (SSSR count). The molecule has 0 unspecified atom stereocenters. The van der Waals surface area contributed by atoms with Crippen LogP contribution in [0.15, 0.2) is 66.9 Å². The molecular weight excluding hydrogens is 491 g/mol. The summed E-state index contributed by atoms with van der Waals surface area (Å²) in [6.45, 7) is 4.63. The number of hydrogen-bond acceptors (Lipinski definition) is 8. The van der Waals surface area contributed by atoms with E-state index in [1.807, 2.05) is 60.7 Å². The molecule has 186 valence electrons. The fourth-order valence-corrected chi connectivity index (χ4v) is 3.92. The molecule has 0 aliphatic heterocycles. The van der Waals surface area contributed by atoms with Crippen LogP contribution in [-0.4, -0.2) is 54.6 Å². The van der Waals surface area contributed by atoms with Gasteiger partial charge < -0.3 is 14.2 Å². The number of benzene rings is 2. The monoisotopic (exact) mass is 520 g/mol. The number of anilines is 1. The molecule has 0 aliphatic carbocycles. The van der Waals surface area contributed by atoms with Gasteiger partial charge in [-0.15, -0.1) is 0 Å². The van der Waals surface area contributed by atoms with Crippen LogP contribution in [-0.2, 0) is 19.8 Å². The summed E-state index contributed by atoms with van der Waals surface area (Å²) in [5.74, 6) is -0.217. The third kappa shape index (κ3) is 9.27. The van der Waals surface area contributed by atoms with Crippen LogP contribution in [0.5, 0.6) is 0 Å². The molecule has 0 saturated heterocycles. The number of nitrogens with one attached hydrogen (secondary N) is 1. The molecule has 0 radical (unpaired) electrons. The zero-order valence-electron chi connectivity index (χ0n) is 20.8. The maximum absolute atomic E-state index is 11.3. The summed E-state index contributed by atoms with van der Waals surface area (Å²) >= 11 is 0. The normalized spacial score (nSPS) is 11.1. The molecule has 36 heavy (non-hydrogen) atoms. The van der Waals surface area contributed by atoms with Crippen molar-refractivity contribution >= 4 is 22.0 Å². The van der Waals surface area contributed by atoms with Gasteiger partial charge in [0.2, 0.25) is 0 Å². The summed E-state index contributed by atoms with van der Waals surface area (Å²) in [5.41, 5.74) is 3.60. The molecule has 0 atom stereocenters. The van der Waals surface area contributed by atoms with Crippen LogP contribution in [0.1, 0.15) is 26.7 Å². The molecule has 1 heterocycles. The predicted octanol–water partition coefficient (Wildman–Crippen LogP) is 0.403. The van der Waals surface area contributed by atoms with Gasteiger partial charge in [-0.1, -0.05) is 60.7 Å². The summed E-state index contributed by atoms with van der Waals surface area (Å²) in [4.78, 5) is 23.3. The number of unbranched alkanes of at least 4 members (excludes halogenated alkanes) is 1. The number of aromatic nitrogens is 2. The van der Waals surface area contributed by atoms with Gasteiger partial charge in [0.05, 0.1) is 17.6 Å². The van der Waals surface area contributed by atoms with Crippen LogP contribution in [0.4, 0.5) is 5.82 Å². The quantitative estimate of drug-likeness (QED) is 0.207. The van der Waals surface area contributed by atoms with Crippen molar-refractivity contribution in [1.82, 2.24) is 14.7 Å². The second kappa shape index (κ2) is 14.4. The third-order valence-corrected chi connectivity index (χ3v) is 5.66. The van der Waals surface area contributed by atoms with Crippen LogP contribution in [0, 0.1) is 0 Å². The molecule has 9 nitrogen and oxygen atoms in total. The molecule has 1 N–H and O–H groups in total. The van der Waals surface area contributed by atoms with Crippen LogP contribution in [0.3, 0.4) is 0 Å². The van der Waals surface area contributed by atoms with Crippen molar-refractivity contribution in [2.75, 3.05) is 24.7 Å². The summed E-state index contributed by atoms with van der Waals surface area (Å²) < 4.78 is 38.0. The van der Waals surface area contributed by atoms with Crippen LogP contribution >= 0.6 is 0 Å². The van der Waals surface area contributed by atoms with Crippen molar-refractivity contribution in [2.24, 2.45) is 0 Å². The predicted molar refractivity (Wildman–Crippen MR) is 133 cm³/mol. The zero-order chi connectivity index (χ0) is 25.3. The number of carbonyl (C=O) groups excluding carboxylic acids is 1. The summed E-state index contributed by atoms with van der Waals surface area (Å²) in [6.07, 6.45) is 3.18. The SMILES string of the molecule is CC(C)N(CCCCOCC(=O)NS(=O)(=O)[O-])c1cnc(-c2ccccc2)c(-c2ccccc2)n1.[Na+]. The fourth-order valence-electron chi connectivity index (χ4n) is 3.58. The van der Waals surface area contributed by atoms with E-state index in [4.69, 9.17) is 14.7 Å². The number of carbonyl (C=O) groups is 1. The molecule has 1 amide bonds. The Kier molecular flexibility index (Phi) is 12.0. The Hall–Kier alpha value is -2.34. The van der Waals surface area contributed by atoms with Crippen LogP contribution < -0.4 is 39.2 Å². The Balaban J connectivity index is 0.00000456. The van der Waals surface area contributed by atoms with E-state index in [1.165, 1.54) is 4.72 Å². The van der Waals surface area contributed by atoms with Gasteiger partial charge in [-0.05, 0) is 26.7 Å². The average molecular weight is 521 g/mol. The minimum Gasteiger partial charge on any atom is -0.731 e. The minimum atomic E-state index is -4.82. The maximum atomic E-state index is 11.3. The van der Waals surface area contributed by atoms with E-state index in [1.54, 1.807) is 6.20 Å². The van der Waals surface area contributed by atoms with Gasteiger partial charge in [0.25, 0.3) is 5.91 Å². The Morgan fingerprint density at radius 2 is 1.58 bits per heavy atom. The first-order chi connectivity index (χ1) is 16.7. The molecule has 0 saturated carbocycles. The fraction of sp³-hybridized carbons (Fsp3) is 0.320. The van der Waals surface area contributed by atoms with Gasteiger partial charge >= 0.3 is 29.6 Å². The summed E-state index contributed by atoms with van der Waals surface area (Å²) in [7, 11) is -4.82. The number of nitrogens with zero attached hydrogens (tertiary/aromatic N) is 3. The number of ether oxygens (including phenoxy) is 1. The first-order valence-corrected chi connectivity index (χ1v) is 12.7. The van der Waals surface area contributed by atoms with E-state index in [9.17, 15) is 17.8 Å². The maximum Gasteiger partial charge on any atom is 1.00 e. The molecular formula is C25H29N4NaO5S. The Morgan fingerprint density at radius 1 is 1.00 bits per heavy atom. The Bertz CT molecular complexity index is 1210. The zero-order valence-corrected chi connectivity index (χ0v) is 23.6. The number of rotatable bonds is 12. The smallest absolute Gasteiger partial charge is 0.731 e. The topological polar surface area (TPSA) is 125 Å². The van der Waals surface area contributed by atoms with Crippen molar-refractivity contribution in [2.45, 2.75) is 32.7 Å². The van der Waals surface area contributed by atoms with Crippen molar-refractivity contribution in [1.29, 1.82) is 0 Å². The molecule has 0 aliphatic rings. The molecule has 0 fully saturated rings. The van der Waals surface area contributed by atoms with Crippen LogP contribution in [0.25, 0.3) is 22.5 Å². The Morgan fingerprint density at radius 3 is 2.14 bits per heavy atom. The van der Waals surface area contributed by atoms with Gasteiger partial charge in [-0.25, -0.2) is 13.4 Å². The van der Waals surface area contributed by atoms with Crippen molar-refractivity contribution in [3.05, 3.63) is 66.9 Å². The molecule has 0 bridgehead atoms. The van der Waals surface area contributed by atoms with E-state index in [-0.39, 0.29) is 42.2 Å². The van der Waals surface area contributed by atoms with Gasteiger partial charge in [-0.3, -0.25) is 14.5 Å². The Labute approximate surface area is 234 Å². The second-order valence-corrected chi connectivity index (χ2v) is 9.30. The third-order valence-electron chi connectivity index (χ3n) is 5.18. The van der Waals surface area contributed by atoms with E-state index >= 15 is 0 Å². The second-order valence-electron chi connectivity index (χ2n) is 8.18. The van der Waals surface area contributed by atoms with Gasteiger partial charge in [0.1, 0.15) is 12.4 Å². The average Bonchev–Trinajstić information content (AvgIpc) is 2.83. The minimum absolute atomic E-state index is 0. The van der Waals surface area contributed by atoms with Crippen LogP contribution in [0.2, 0.25) is 0 Å². The van der Waals surface area contributed by atoms with Gasteiger partial charge in [-0.2, -0.15) is 0 Å². The molecule has 1 aromatic heterocycles. The number of amides is 1. The van der Waals surface area contributed by atoms with E-state index in [0.29, 0.717) is 13.0 Å². The number of hydrogen-bond donors (Lipinski definition) is 1. The summed E-state index contributed by atoms with van der Waals surface area (Å²) in [6, 6.07) is 20.1. The molecule has 0 spiro atoms. The van der Waals surface area contributed by atoms with E-state index < -0.39 is 22.8 Å². The summed E-state index contributed by atoms with van der Waals surface area (Å²) in [5, 5.41) is 0. The van der Waals surface area contributed by atoms with Crippen molar-refractivity contribution < 1.29 is 52.1 Å². The molecule has 11 heteroatoms. The molecule has 3 aromatic rings. The van der Waals surface area contributed by atoms with Crippen molar-refractivity contribution in [3.63, 3.8) is 0 Å². The van der Waals surface area contributed by atoms with Crippen molar-refractivity contribution in [3.8, 4) is 22.5 Å². The first-order valence-electron chi connectivity index (χ1n) is 11.3. The van der Waals surface area contributed by atoms with E-state index in [2.05, 4.69) is 18.7 Å². The molecule has 2 aromatic carbocycles. The standard InChI is InChI=1S/C25H30N4O5S.Na/c1-19(2)29(15-9-10-16-34-18-23(30)28-35(31,32)33)22-17-26-24(20-11-5-3-6-12-20)25(27-22)21-13-7-4-8-14-21;/h3-8,11-14,17,19H,9-10,15-16,18H2,1-2H3,(H,28,30)(H,31,32,33);/q;+1/p-1. The first kappa shape index (κ1) is 29.9.